The van der Waals surface area contributed by atoms with Crippen molar-refractivity contribution in [3.8, 4) is 0 Å². The molecule has 5 nitrogen and oxygen atoms in total. The average molecular weight is 293 g/mol. The van der Waals surface area contributed by atoms with Gasteiger partial charge in [0.2, 0.25) is 5.91 Å². The summed E-state index contributed by atoms with van der Waals surface area (Å²) in [6, 6.07) is 9.00. The highest BCUT2D eigenvalue weighted by Gasteiger charge is 2.02. The molecule has 6 heteroatoms. The Morgan fingerprint density at radius 3 is 2.75 bits per heavy atom. The van der Waals surface area contributed by atoms with E-state index in [4.69, 9.17) is 11.6 Å². The molecule has 0 bridgehead atoms. The van der Waals surface area contributed by atoms with Gasteiger partial charge in [0.25, 0.3) is 0 Å². The van der Waals surface area contributed by atoms with E-state index in [2.05, 4.69) is 20.8 Å². The number of halogens is 1. The number of nitrogens with one attached hydrogen (secondary N) is 3. The lowest BCUT2D eigenvalue weighted by Crippen LogP contribution is -2.18. The third-order valence-corrected chi connectivity index (χ3v) is 3.01. The standard InChI is InChI=1S/C14H17ClN4O/c15-11-3-5-12(6-4-11)18-14(20)2-1-8-16-10-13-7-9-17-19-13/h3-7,9,16H,1-2,8,10H2,(H,17,19)(H,18,20). The second kappa shape index (κ2) is 7.67. The van der Waals surface area contributed by atoms with Gasteiger partial charge in [-0.1, -0.05) is 11.6 Å². The van der Waals surface area contributed by atoms with Crippen molar-refractivity contribution in [2.24, 2.45) is 0 Å². The number of rotatable bonds is 7. The molecule has 0 saturated carbocycles. The normalized spacial score (nSPS) is 10.4. The highest BCUT2D eigenvalue weighted by atomic mass is 35.5. The molecule has 1 heterocycles. The Morgan fingerprint density at radius 2 is 2.05 bits per heavy atom. The zero-order valence-electron chi connectivity index (χ0n) is 11.0. The lowest BCUT2D eigenvalue weighted by Gasteiger charge is -2.06. The van der Waals surface area contributed by atoms with Gasteiger partial charge in [-0.15, -0.1) is 0 Å². The first kappa shape index (κ1) is 14.6. The third kappa shape index (κ3) is 5.03. The summed E-state index contributed by atoms with van der Waals surface area (Å²) in [6.07, 6.45) is 2.99. The van der Waals surface area contributed by atoms with Gasteiger partial charge in [-0.2, -0.15) is 5.10 Å². The Morgan fingerprint density at radius 1 is 1.25 bits per heavy atom. The van der Waals surface area contributed by atoms with Crippen LogP contribution in [0.2, 0.25) is 5.02 Å². The molecule has 0 aliphatic rings. The minimum Gasteiger partial charge on any atom is -0.326 e. The Labute approximate surface area is 122 Å². The minimum atomic E-state index is 0.00987. The van der Waals surface area contributed by atoms with Crippen molar-refractivity contribution >= 4 is 23.2 Å². The van der Waals surface area contributed by atoms with E-state index in [1.165, 1.54) is 0 Å². The first-order valence-electron chi connectivity index (χ1n) is 6.48. The zero-order chi connectivity index (χ0) is 14.2. The van der Waals surface area contributed by atoms with Gasteiger partial charge in [-0.3, -0.25) is 9.89 Å². The Balaban J connectivity index is 1.59. The Kier molecular flexibility index (Phi) is 5.58. The molecule has 1 amide bonds. The van der Waals surface area contributed by atoms with Crippen LogP contribution in [0.4, 0.5) is 5.69 Å². The molecule has 0 aliphatic heterocycles. The molecule has 0 fully saturated rings. The molecule has 1 aromatic heterocycles. The van der Waals surface area contributed by atoms with Crippen molar-refractivity contribution < 1.29 is 4.79 Å². The van der Waals surface area contributed by atoms with Gasteiger partial charge in [-0.25, -0.2) is 0 Å². The summed E-state index contributed by atoms with van der Waals surface area (Å²) >= 11 is 5.78. The van der Waals surface area contributed by atoms with Crippen LogP contribution < -0.4 is 10.6 Å². The van der Waals surface area contributed by atoms with Gasteiger partial charge >= 0.3 is 0 Å². The third-order valence-electron chi connectivity index (χ3n) is 2.76. The quantitative estimate of drug-likeness (QED) is 0.687. The van der Waals surface area contributed by atoms with Crippen LogP contribution in [0, 0.1) is 0 Å². The first-order chi connectivity index (χ1) is 9.74. The highest BCUT2D eigenvalue weighted by Crippen LogP contribution is 2.13. The number of amides is 1. The number of H-pyrrole nitrogens is 1. The smallest absolute Gasteiger partial charge is 0.224 e. The Hall–Kier alpha value is -1.85. The zero-order valence-corrected chi connectivity index (χ0v) is 11.8. The molecule has 1 aromatic carbocycles. The van der Waals surface area contributed by atoms with Crippen LogP contribution >= 0.6 is 11.6 Å². The van der Waals surface area contributed by atoms with Crippen molar-refractivity contribution in [1.82, 2.24) is 15.5 Å². The summed E-state index contributed by atoms with van der Waals surface area (Å²) < 4.78 is 0. The Bertz CT molecular complexity index is 525. The molecule has 0 saturated heterocycles. The van der Waals surface area contributed by atoms with E-state index < -0.39 is 0 Å². The van der Waals surface area contributed by atoms with Crippen LogP contribution in [-0.2, 0) is 11.3 Å². The fourth-order valence-electron chi connectivity index (χ4n) is 1.74. The van der Waals surface area contributed by atoms with Gasteiger partial charge in [0.15, 0.2) is 0 Å². The van der Waals surface area contributed by atoms with Crippen molar-refractivity contribution in [3.63, 3.8) is 0 Å². The monoisotopic (exact) mass is 292 g/mol. The summed E-state index contributed by atoms with van der Waals surface area (Å²) in [5.41, 5.74) is 1.81. The SMILES string of the molecule is O=C(CCCNCc1ccn[nH]1)Nc1ccc(Cl)cc1. The van der Waals surface area contributed by atoms with Gasteiger partial charge in [-0.05, 0) is 43.3 Å². The molecule has 2 aromatic rings. The summed E-state index contributed by atoms with van der Waals surface area (Å²) in [5, 5.41) is 13.5. The first-order valence-corrected chi connectivity index (χ1v) is 6.86. The summed E-state index contributed by atoms with van der Waals surface area (Å²) in [7, 11) is 0. The maximum absolute atomic E-state index is 11.7. The van der Waals surface area contributed by atoms with Crippen molar-refractivity contribution in [1.29, 1.82) is 0 Å². The number of benzene rings is 1. The second-order valence-corrected chi connectivity index (χ2v) is 4.85. The minimum absolute atomic E-state index is 0.00987. The number of aromatic nitrogens is 2. The molecule has 3 N–H and O–H groups in total. The van der Waals surface area contributed by atoms with Crippen LogP contribution in [0.5, 0.6) is 0 Å². The van der Waals surface area contributed by atoms with E-state index in [1.54, 1.807) is 30.5 Å². The fraction of sp³-hybridized carbons (Fsp3) is 0.286. The highest BCUT2D eigenvalue weighted by molar-refractivity contribution is 6.30. The second-order valence-electron chi connectivity index (χ2n) is 4.42. The number of hydrogen-bond donors (Lipinski definition) is 3. The number of carbonyl (C=O) groups is 1. The number of hydrogen-bond acceptors (Lipinski definition) is 3. The maximum atomic E-state index is 11.7. The van der Waals surface area contributed by atoms with Crippen LogP contribution in [-0.4, -0.2) is 22.6 Å². The molecule has 0 atom stereocenters. The number of nitrogens with zero attached hydrogens (tertiary/aromatic N) is 1. The van der Waals surface area contributed by atoms with E-state index in [0.717, 1.165) is 30.9 Å². The molecular weight excluding hydrogens is 276 g/mol. The fourth-order valence-corrected chi connectivity index (χ4v) is 1.86. The summed E-state index contributed by atoms with van der Waals surface area (Å²) in [5.74, 6) is 0.00987. The number of anilines is 1. The topological polar surface area (TPSA) is 69.8 Å². The van der Waals surface area contributed by atoms with Crippen LogP contribution in [0.1, 0.15) is 18.5 Å². The van der Waals surface area contributed by atoms with Crippen molar-refractivity contribution in [3.05, 3.63) is 47.2 Å². The molecule has 2 rings (SSSR count). The lowest BCUT2D eigenvalue weighted by atomic mass is 10.2. The average Bonchev–Trinajstić information content (AvgIpc) is 2.94. The predicted octanol–water partition coefficient (Wildman–Crippen LogP) is 2.57. The van der Waals surface area contributed by atoms with Crippen molar-refractivity contribution in [2.75, 3.05) is 11.9 Å². The van der Waals surface area contributed by atoms with Gasteiger partial charge in [0, 0.05) is 35.6 Å². The van der Waals surface area contributed by atoms with E-state index in [1.807, 2.05) is 6.07 Å². The van der Waals surface area contributed by atoms with Crippen LogP contribution in [0.15, 0.2) is 36.5 Å². The summed E-state index contributed by atoms with van der Waals surface area (Å²) in [4.78, 5) is 11.7. The van der Waals surface area contributed by atoms with E-state index >= 15 is 0 Å². The molecule has 0 radical (unpaired) electrons. The summed E-state index contributed by atoms with van der Waals surface area (Å²) in [6.45, 7) is 1.52. The largest absolute Gasteiger partial charge is 0.326 e. The van der Waals surface area contributed by atoms with E-state index in [-0.39, 0.29) is 5.91 Å². The van der Waals surface area contributed by atoms with Crippen LogP contribution in [0.3, 0.4) is 0 Å². The molecule has 0 aliphatic carbocycles. The van der Waals surface area contributed by atoms with Crippen molar-refractivity contribution in [2.45, 2.75) is 19.4 Å². The predicted molar refractivity (Wildman–Crippen MR) is 79.6 cm³/mol. The lowest BCUT2D eigenvalue weighted by molar-refractivity contribution is -0.116. The van der Waals surface area contributed by atoms with Gasteiger partial charge in [0.05, 0.1) is 0 Å². The molecule has 0 spiro atoms. The van der Waals surface area contributed by atoms with Crippen LogP contribution in [0.25, 0.3) is 0 Å². The number of carbonyl (C=O) groups excluding carboxylic acids is 1. The number of aromatic amines is 1. The van der Waals surface area contributed by atoms with E-state index in [9.17, 15) is 4.79 Å². The maximum Gasteiger partial charge on any atom is 0.224 e. The van der Waals surface area contributed by atoms with E-state index in [0.29, 0.717) is 11.4 Å². The molecule has 106 valence electrons. The molecule has 0 unspecified atom stereocenters. The molecule has 20 heavy (non-hydrogen) atoms. The van der Waals surface area contributed by atoms with Gasteiger partial charge < -0.3 is 10.6 Å². The van der Waals surface area contributed by atoms with Gasteiger partial charge in [0.1, 0.15) is 0 Å². The molecular formula is C14H17ClN4O.